The Labute approximate surface area is 239 Å². The molecule has 0 fully saturated rings. The molecule has 13 heteroatoms. The number of rotatable bonds is 10. The van der Waals surface area contributed by atoms with Gasteiger partial charge in [-0.1, -0.05) is 17.7 Å². The third kappa shape index (κ3) is 6.30. The first-order valence-corrected chi connectivity index (χ1v) is 14.5. The van der Waals surface area contributed by atoms with Crippen LogP contribution < -0.4 is 9.46 Å². The van der Waals surface area contributed by atoms with E-state index in [4.69, 9.17) is 21.7 Å². The summed E-state index contributed by atoms with van der Waals surface area (Å²) < 4.78 is 34.8. The van der Waals surface area contributed by atoms with E-state index in [0.29, 0.717) is 38.2 Å². The summed E-state index contributed by atoms with van der Waals surface area (Å²) in [6.07, 6.45) is 9.24. The Morgan fingerprint density at radius 1 is 1.05 bits per heavy atom. The zero-order valence-corrected chi connectivity index (χ0v) is 23.4. The van der Waals surface area contributed by atoms with Gasteiger partial charge in [0.1, 0.15) is 12.4 Å². The highest BCUT2D eigenvalue weighted by Crippen LogP contribution is 2.27. The maximum atomic E-state index is 13.1. The van der Waals surface area contributed by atoms with Crippen molar-refractivity contribution in [3.63, 3.8) is 0 Å². The number of benzene rings is 2. The largest absolute Gasteiger partial charge is 0.488 e. The molecule has 40 heavy (non-hydrogen) atoms. The molecule has 202 valence electrons. The van der Waals surface area contributed by atoms with Crippen molar-refractivity contribution in [1.29, 1.82) is 5.41 Å². The normalized spacial score (nSPS) is 12.4. The van der Waals surface area contributed by atoms with Crippen molar-refractivity contribution in [3.05, 3.63) is 88.4 Å². The van der Waals surface area contributed by atoms with Gasteiger partial charge in [-0.3, -0.25) is 19.7 Å². The predicted octanol–water partition coefficient (Wildman–Crippen LogP) is 5.62. The van der Waals surface area contributed by atoms with E-state index >= 15 is 0 Å². The van der Waals surface area contributed by atoms with Gasteiger partial charge in [0.25, 0.3) is 10.0 Å². The number of sulfonamides is 1. The fourth-order valence-electron chi connectivity index (χ4n) is 3.82. The molecule has 0 amide bonds. The molecule has 2 N–H and O–H groups in total. The number of anilines is 1. The lowest BCUT2D eigenvalue weighted by atomic mass is 10.1. The summed E-state index contributed by atoms with van der Waals surface area (Å²) in [7, 11) is -2.24. The van der Waals surface area contributed by atoms with Gasteiger partial charge in [0, 0.05) is 37.4 Å². The number of hydrogen-bond donors (Lipinski definition) is 2. The van der Waals surface area contributed by atoms with Crippen molar-refractivity contribution in [3.8, 4) is 16.9 Å². The summed E-state index contributed by atoms with van der Waals surface area (Å²) >= 11 is 7.15. The molecule has 3 heterocycles. The van der Waals surface area contributed by atoms with Crippen LogP contribution in [0.1, 0.15) is 16.5 Å². The molecular weight excluding hydrogens is 570 g/mol. The molecular formula is C27H22ClN7O3S2. The third-order valence-corrected chi connectivity index (χ3v) is 8.24. The minimum Gasteiger partial charge on any atom is -0.488 e. The van der Waals surface area contributed by atoms with Crippen LogP contribution in [0.3, 0.4) is 0 Å². The summed E-state index contributed by atoms with van der Waals surface area (Å²) in [4.78, 5) is 22.2. The van der Waals surface area contributed by atoms with E-state index in [0.717, 1.165) is 10.4 Å². The van der Waals surface area contributed by atoms with Crippen molar-refractivity contribution >= 4 is 62.1 Å². The van der Waals surface area contributed by atoms with Crippen LogP contribution in [0.15, 0.2) is 83.2 Å². The first-order valence-electron chi connectivity index (χ1n) is 11.9. The molecule has 0 aliphatic heterocycles. The van der Waals surface area contributed by atoms with Gasteiger partial charge in [-0.05, 0) is 48.0 Å². The van der Waals surface area contributed by atoms with Gasteiger partial charge < -0.3 is 10.1 Å². The molecule has 0 bridgehead atoms. The second-order valence-electron chi connectivity index (χ2n) is 8.51. The van der Waals surface area contributed by atoms with Gasteiger partial charge in [-0.15, -0.1) is 11.3 Å². The van der Waals surface area contributed by atoms with Crippen molar-refractivity contribution in [2.75, 3.05) is 11.8 Å². The van der Waals surface area contributed by atoms with E-state index in [2.05, 4.69) is 29.7 Å². The lowest BCUT2D eigenvalue weighted by Crippen LogP contribution is -2.13. The van der Waals surface area contributed by atoms with Crippen molar-refractivity contribution in [2.24, 2.45) is 4.99 Å². The van der Waals surface area contributed by atoms with Gasteiger partial charge in [-0.25, -0.2) is 18.4 Å². The first-order chi connectivity index (χ1) is 19.3. The van der Waals surface area contributed by atoms with Crippen LogP contribution in [0.5, 0.6) is 5.75 Å². The lowest BCUT2D eigenvalue weighted by Gasteiger charge is -2.11. The average Bonchev–Trinajstić information content (AvgIpc) is 3.39. The molecule has 3 aromatic heterocycles. The van der Waals surface area contributed by atoms with E-state index in [-0.39, 0.29) is 17.4 Å². The summed E-state index contributed by atoms with van der Waals surface area (Å²) in [5, 5.41) is 7.65. The van der Waals surface area contributed by atoms with Crippen molar-refractivity contribution < 1.29 is 13.2 Å². The Morgan fingerprint density at radius 2 is 1.88 bits per heavy atom. The summed E-state index contributed by atoms with van der Waals surface area (Å²) in [6, 6.07) is 13.4. The average molecular weight is 592 g/mol. The van der Waals surface area contributed by atoms with E-state index in [1.807, 2.05) is 18.2 Å². The molecule has 0 radical (unpaired) electrons. The summed E-state index contributed by atoms with van der Waals surface area (Å²) in [5.41, 5.74) is 3.72. The van der Waals surface area contributed by atoms with Crippen LogP contribution in [0, 0.1) is 5.41 Å². The molecule has 1 unspecified atom stereocenters. The van der Waals surface area contributed by atoms with E-state index in [1.165, 1.54) is 35.9 Å². The minimum absolute atomic E-state index is 0.0796. The highest BCUT2D eigenvalue weighted by atomic mass is 35.5. The molecule has 0 aliphatic rings. The maximum Gasteiger partial charge on any atom is 0.261 e. The molecule has 10 nitrogen and oxygen atoms in total. The van der Waals surface area contributed by atoms with Gasteiger partial charge in [-0.2, -0.15) is 0 Å². The number of thiazole rings is 1. The Kier molecular flexibility index (Phi) is 8.10. The van der Waals surface area contributed by atoms with Crippen LogP contribution >= 0.6 is 22.9 Å². The fourth-order valence-corrected chi connectivity index (χ4v) is 5.74. The van der Waals surface area contributed by atoms with Crippen LogP contribution in [0.25, 0.3) is 22.2 Å². The van der Waals surface area contributed by atoms with Crippen LogP contribution in [-0.4, -0.2) is 47.8 Å². The molecule has 0 saturated carbocycles. The van der Waals surface area contributed by atoms with Gasteiger partial charge in [0.05, 0.1) is 50.5 Å². The summed E-state index contributed by atoms with van der Waals surface area (Å²) in [6.45, 7) is 0.283. The quantitative estimate of drug-likeness (QED) is 0.201. The zero-order chi connectivity index (χ0) is 28.1. The molecule has 5 aromatic rings. The molecule has 0 saturated heterocycles. The van der Waals surface area contributed by atoms with E-state index in [9.17, 15) is 8.42 Å². The standard InChI is InChI=1S/C27H22ClN7O3S2/c1-30-11-19(10-29)26-15-32-24-7-2-17(9-25(24)34-26)18-8-20(13-31-12-18)35-40(36,37)23-5-3-21(4-6-23)38-16-22-14-33-27(28)39-22/h2-15,19,29,35H,16H2,1H3. The third-order valence-electron chi connectivity index (χ3n) is 5.76. The van der Waals surface area contributed by atoms with Crippen molar-refractivity contribution in [1.82, 2.24) is 19.9 Å². The molecule has 2 aromatic carbocycles. The Morgan fingerprint density at radius 3 is 2.60 bits per heavy atom. The lowest BCUT2D eigenvalue weighted by molar-refractivity contribution is 0.309. The number of ether oxygens (including phenoxy) is 1. The number of fused-ring (bicyclic) bond motifs is 1. The SMILES string of the molecule is CN=CC(C=N)c1cnc2ccc(-c3cncc(NS(=O)(=O)c4ccc(OCc5cnc(Cl)s5)cc4)c3)cc2n1. The highest BCUT2D eigenvalue weighted by molar-refractivity contribution is 7.92. The van der Waals surface area contributed by atoms with Gasteiger partial charge in [0.2, 0.25) is 0 Å². The predicted molar refractivity (Wildman–Crippen MR) is 157 cm³/mol. The van der Waals surface area contributed by atoms with E-state index < -0.39 is 10.0 Å². The number of aromatic nitrogens is 4. The van der Waals surface area contributed by atoms with Gasteiger partial charge >= 0.3 is 0 Å². The smallest absolute Gasteiger partial charge is 0.261 e. The fraction of sp³-hybridized carbons (Fsp3) is 0.111. The molecule has 1 atom stereocenters. The topological polar surface area (TPSA) is 143 Å². The molecule has 0 spiro atoms. The monoisotopic (exact) mass is 591 g/mol. The Hall–Kier alpha value is -4.26. The van der Waals surface area contributed by atoms with Crippen LogP contribution in [-0.2, 0) is 16.6 Å². The van der Waals surface area contributed by atoms with Crippen LogP contribution in [0.2, 0.25) is 4.47 Å². The zero-order valence-electron chi connectivity index (χ0n) is 21.0. The second-order valence-corrected chi connectivity index (χ2v) is 11.9. The van der Waals surface area contributed by atoms with E-state index in [1.54, 1.807) is 50.1 Å². The van der Waals surface area contributed by atoms with Gasteiger partial charge in [0.15, 0.2) is 4.47 Å². The number of hydrogen-bond acceptors (Lipinski definition) is 10. The van der Waals surface area contributed by atoms with Crippen molar-refractivity contribution in [2.45, 2.75) is 17.4 Å². The highest BCUT2D eigenvalue weighted by Gasteiger charge is 2.16. The maximum absolute atomic E-state index is 13.1. The first kappa shape index (κ1) is 27.3. The number of aliphatic imine (C=N–C) groups is 1. The number of pyridine rings is 1. The molecule has 0 aliphatic carbocycles. The Bertz CT molecular complexity index is 1810. The summed E-state index contributed by atoms with van der Waals surface area (Å²) in [5.74, 6) is 0.145. The van der Waals surface area contributed by atoms with Crippen LogP contribution in [0.4, 0.5) is 5.69 Å². The number of nitrogens with zero attached hydrogens (tertiary/aromatic N) is 5. The number of halogens is 1. The number of nitrogens with one attached hydrogen (secondary N) is 2. The Balaban J connectivity index is 1.33. The minimum atomic E-state index is -3.88. The molecule has 5 rings (SSSR count). The second kappa shape index (κ2) is 11.9.